The second-order valence-corrected chi connectivity index (χ2v) is 11.5. The second kappa shape index (κ2) is 7.51. The lowest BCUT2D eigenvalue weighted by Gasteiger charge is -2.57. The molecule has 5 saturated carbocycles. The van der Waals surface area contributed by atoms with Crippen LogP contribution in [0.25, 0.3) is 0 Å². The first kappa shape index (κ1) is 20.8. The maximum atomic E-state index is 9.19. The summed E-state index contributed by atoms with van der Waals surface area (Å²) in [6.45, 7) is 0.941. The van der Waals surface area contributed by atoms with Crippen molar-refractivity contribution in [2.45, 2.75) is 75.9 Å². The van der Waals surface area contributed by atoms with Crippen LogP contribution in [0.3, 0.4) is 0 Å². The largest absolute Gasteiger partial charge is 0.312 e. The van der Waals surface area contributed by atoms with Gasteiger partial charge in [0.25, 0.3) is 10.1 Å². The Labute approximate surface area is 177 Å². The summed E-state index contributed by atoms with van der Waals surface area (Å²) in [5.74, 6) is 2.63. The summed E-state index contributed by atoms with van der Waals surface area (Å²) < 4.78 is 34.6. The van der Waals surface area contributed by atoms with Crippen LogP contribution in [0.2, 0.25) is 0 Å². The topological polar surface area (TPSA) is 113 Å². The van der Waals surface area contributed by atoms with E-state index in [2.05, 4.69) is 10.1 Å². The third kappa shape index (κ3) is 4.04. The number of nitrogens with zero attached hydrogens (tertiary/aromatic N) is 3. The van der Waals surface area contributed by atoms with Gasteiger partial charge in [-0.25, -0.2) is 4.98 Å². The average molecular weight is 442 g/mol. The molecule has 2 heterocycles. The lowest BCUT2D eigenvalue weighted by Crippen LogP contribution is -2.59. The van der Waals surface area contributed by atoms with E-state index in [4.69, 9.17) is 19.1 Å². The van der Waals surface area contributed by atoms with Crippen LogP contribution in [0.4, 0.5) is 0 Å². The van der Waals surface area contributed by atoms with E-state index in [1.807, 2.05) is 4.68 Å². The zero-order chi connectivity index (χ0) is 21.0. The van der Waals surface area contributed by atoms with E-state index in [1.54, 1.807) is 12.7 Å². The van der Waals surface area contributed by atoms with Gasteiger partial charge in [0.2, 0.25) is 11.6 Å². The van der Waals surface area contributed by atoms with Crippen LogP contribution in [-0.2, 0) is 31.2 Å². The normalized spacial score (nSPS) is 44.4. The summed E-state index contributed by atoms with van der Waals surface area (Å²) in [4.78, 5) is 16.1. The highest BCUT2D eigenvalue weighted by Gasteiger charge is 2.66. The Bertz CT molecular complexity index is 814. The van der Waals surface area contributed by atoms with Gasteiger partial charge in [-0.15, -0.1) is 0 Å². The van der Waals surface area contributed by atoms with E-state index in [9.17, 15) is 8.42 Å². The summed E-state index contributed by atoms with van der Waals surface area (Å²) in [7, 11) is -3.67. The Hall–Kier alpha value is -1.07. The highest BCUT2D eigenvalue weighted by atomic mass is 32.2. The van der Waals surface area contributed by atoms with Crippen LogP contribution in [0.1, 0.15) is 57.8 Å². The highest BCUT2D eigenvalue weighted by molar-refractivity contribution is 7.85. The molecule has 0 aromatic carbocycles. The molecule has 9 nitrogen and oxygen atoms in total. The number of rotatable bonds is 2. The first-order valence-electron chi connectivity index (χ1n) is 11.0. The minimum absolute atomic E-state index is 0.424. The molecule has 168 valence electrons. The van der Waals surface area contributed by atoms with Crippen LogP contribution in [0, 0.1) is 29.6 Å². The van der Waals surface area contributed by atoms with Crippen LogP contribution in [0.5, 0.6) is 0 Å². The smallest absolute Gasteiger partial charge is 0.261 e. The van der Waals surface area contributed by atoms with Gasteiger partial charge in [-0.2, -0.15) is 23.3 Å². The summed E-state index contributed by atoms with van der Waals surface area (Å²) >= 11 is 0. The van der Waals surface area contributed by atoms with Crippen molar-refractivity contribution in [3.05, 3.63) is 12.7 Å². The molecular formula is C20H31N3O6S. The molecule has 7 rings (SSSR count). The minimum Gasteiger partial charge on any atom is -0.312 e. The van der Waals surface area contributed by atoms with Gasteiger partial charge in [0.15, 0.2) is 0 Å². The van der Waals surface area contributed by atoms with Crippen molar-refractivity contribution >= 4 is 10.1 Å². The molecule has 30 heavy (non-hydrogen) atoms. The Morgan fingerprint density at radius 3 is 2.20 bits per heavy atom. The summed E-state index contributed by atoms with van der Waals surface area (Å²) in [5.41, 5.74) is 0. The van der Waals surface area contributed by atoms with Crippen molar-refractivity contribution in [1.29, 1.82) is 0 Å². The molecule has 1 aromatic rings. The van der Waals surface area contributed by atoms with Crippen molar-refractivity contribution in [2.24, 2.45) is 29.6 Å². The molecule has 5 aliphatic carbocycles. The number of hydrogen-bond donors (Lipinski definition) is 1. The minimum atomic E-state index is -3.67. The molecule has 4 bridgehead atoms. The fourth-order valence-electron chi connectivity index (χ4n) is 6.69. The van der Waals surface area contributed by atoms with Crippen LogP contribution >= 0.6 is 0 Å². The molecule has 0 atom stereocenters. The molecule has 6 aliphatic rings. The van der Waals surface area contributed by atoms with Gasteiger partial charge in [-0.05, 0) is 62.7 Å². The van der Waals surface area contributed by atoms with Crippen molar-refractivity contribution < 1.29 is 27.5 Å². The van der Waals surface area contributed by atoms with E-state index in [-0.39, 0.29) is 0 Å². The van der Waals surface area contributed by atoms with Gasteiger partial charge in [-0.1, -0.05) is 0 Å². The summed E-state index contributed by atoms with van der Waals surface area (Å²) in [6.07, 6.45) is 14.7. The Balaban J connectivity index is 0.000000349. The lowest BCUT2D eigenvalue weighted by molar-refractivity contribution is -0.390. The third-order valence-electron chi connectivity index (χ3n) is 7.72. The SMILES string of the molecule is CS(=O)(=O)O.c1ncn(CC2CCC3(CC2)OOC2(O3)C3CC4CC(C3)CC2C4)n1. The van der Waals surface area contributed by atoms with Gasteiger partial charge < -0.3 is 4.74 Å². The predicted molar refractivity (Wildman–Crippen MR) is 105 cm³/mol. The molecule has 1 saturated heterocycles. The van der Waals surface area contributed by atoms with Gasteiger partial charge >= 0.3 is 0 Å². The first-order valence-corrected chi connectivity index (χ1v) is 12.9. The maximum absolute atomic E-state index is 9.19. The fraction of sp³-hybridized carbons (Fsp3) is 0.900. The Morgan fingerprint density at radius 1 is 1.07 bits per heavy atom. The molecule has 1 N–H and O–H groups in total. The molecule has 0 unspecified atom stereocenters. The Morgan fingerprint density at radius 2 is 1.67 bits per heavy atom. The zero-order valence-electron chi connectivity index (χ0n) is 17.4. The number of hydrogen-bond acceptors (Lipinski definition) is 7. The van der Waals surface area contributed by atoms with Crippen molar-refractivity contribution in [3.63, 3.8) is 0 Å². The monoisotopic (exact) mass is 441 g/mol. The van der Waals surface area contributed by atoms with E-state index >= 15 is 0 Å². The van der Waals surface area contributed by atoms with Gasteiger partial charge in [0.1, 0.15) is 12.7 Å². The standard InChI is InChI=1S/C19H27N3O3.CH4O3S/c1-3-18(4-2-13(1)10-22-12-20-11-21-22)23-19(25-24-18)16-6-14-5-15(8-16)9-17(19)7-14;1-5(2,3)4/h11-17H,1-10H2;1H3,(H,2,3,4). The Kier molecular flexibility index (Phi) is 5.21. The molecule has 0 amide bonds. The quantitative estimate of drug-likeness (QED) is 0.551. The van der Waals surface area contributed by atoms with Gasteiger partial charge in [0, 0.05) is 31.2 Å². The molecule has 1 aromatic heterocycles. The lowest BCUT2D eigenvalue weighted by atomic mass is 9.53. The van der Waals surface area contributed by atoms with Crippen molar-refractivity contribution in [3.8, 4) is 0 Å². The van der Waals surface area contributed by atoms with E-state index < -0.39 is 21.7 Å². The first-order chi connectivity index (χ1) is 14.2. The van der Waals surface area contributed by atoms with E-state index in [0.29, 0.717) is 24.0 Å². The van der Waals surface area contributed by atoms with Gasteiger partial charge in [0.05, 0.1) is 6.26 Å². The van der Waals surface area contributed by atoms with E-state index in [1.165, 1.54) is 32.1 Å². The van der Waals surface area contributed by atoms with Gasteiger partial charge in [-0.3, -0.25) is 9.23 Å². The average Bonchev–Trinajstić information content (AvgIpc) is 3.29. The molecule has 2 spiro atoms. The summed E-state index contributed by atoms with van der Waals surface area (Å²) in [6, 6.07) is 0. The predicted octanol–water partition coefficient (Wildman–Crippen LogP) is 2.80. The molecule has 6 fully saturated rings. The van der Waals surface area contributed by atoms with E-state index in [0.717, 1.165) is 44.1 Å². The third-order valence-corrected chi connectivity index (χ3v) is 7.72. The van der Waals surface area contributed by atoms with Crippen LogP contribution in [-0.4, -0.2) is 45.6 Å². The maximum Gasteiger partial charge on any atom is 0.261 e. The zero-order valence-corrected chi connectivity index (χ0v) is 18.2. The van der Waals surface area contributed by atoms with Crippen LogP contribution < -0.4 is 0 Å². The number of aromatic nitrogens is 3. The highest BCUT2D eigenvalue weighted by Crippen LogP contribution is 2.63. The van der Waals surface area contributed by atoms with Crippen molar-refractivity contribution in [2.75, 3.05) is 6.26 Å². The number of ether oxygens (including phenoxy) is 1. The second-order valence-electron chi connectivity index (χ2n) is 10.00. The fourth-order valence-corrected chi connectivity index (χ4v) is 6.69. The molecule has 0 radical (unpaired) electrons. The van der Waals surface area contributed by atoms with Crippen LogP contribution in [0.15, 0.2) is 12.7 Å². The van der Waals surface area contributed by atoms with Crippen molar-refractivity contribution in [1.82, 2.24) is 14.8 Å². The summed E-state index contributed by atoms with van der Waals surface area (Å²) in [5, 5.41) is 4.24. The molecule has 1 aliphatic heterocycles. The molecular weight excluding hydrogens is 410 g/mol. The molecule has 10 heteroatoms.